The summed E-state index contributed by atoms with van der Waals surface area (Å²) in [5, 5.41) is 0. The second-order valence-electron chi connectivity index (χ2n) is 4.51. The molecule has 2 aromatic carbocycles. The first-order valence-electron chi connectivity index (χ1n) is 6.05. The lowest BCUT2D eigenvalue weighted by atomic mass is 10.0. The molecule has 2 aromatic rings. The van der Waals surface area contributed by atoms with Crippen molar-refractivity contribution in [2.75, 3.05) is 0 Å². The van der Waals surface area contributed by atoms with E-state index in [4.69, 9.17) is 0 Å². The molecule has 0 unspecified atom stereocenters. The third-order valence-corrected chi connectivity index (χ3v) is 2.93. The molecular weight excluding hydrogens is 262 g/mol. The van der Waals surface area contributed by atoms with Crippen molar-refractivity contribution in [3.05, 3.63) is 70.8 Å². The van der Waals surface area contributed by atoms with Crippen LogP contribution in [0, 0.1) is 18.6 Å². The highest BCUT2D eigenvalue weighted by Gasteiger charge is 2.17. The number of carbonyl (C=O) groups excluding carboxylic acids is 2. The van der Waals surface area contributed by atoms with Crippen LogP contribution in [0.1, 0.15) is 32.7 Å². The summed E-state index contributed by atoms with van der Waals surface area (Å²) in [6.07, 6.45) is -0.439. The van der Waals surface area contributed by atoms with Crippen molar-refractivity contribution in [2.45, 2.75) is 13.3 Å². The molecule has 0 aliphatic heterocycles. The molecular formula is C16H12F2O2. The van der Waals surface area contributed by atoms with Gasteiger partial charge in [0.15, 0.2) is 11.6 Å². The number of halogens is 2. The minimum absolute atomic E-state index is 0.271. The van der Waals surface area contributed by atoms with E-state index in [9.17, 15) is 18.4 Å². The first kappa shape index (κ1) is 14.1. The van der Waals surface area contributed by atoms with Crippen LogP contribution in [0.3, 0.4) is 0 Å². The van der Waals surface area contributed by atoms with Gasteiger partial charge in [0.05, 0.1) is 12.0 Å². The van der Waals surface area contributed by atoms with Crippen LogP contribution < -0.4 is 0 Å². The predicted molar refractivity (Wildman–Crippen MR) is 70.8 cm³/mol. The van der Waals surface area contributed by atoms with Crippen LogP contribution in [0.25, 0.3) is 0 Å². The molecule has 0 aliphatic rings. The lowest BCUT2D eigenvalue weighted by Crippen LogP contribution is -2.10. The van der Waals surface area contributed by atoms with Crippen LogP contribution in [0.5, 0.6) is 0 Å². The summed E-state index contributed by atoms with van der Waals surface area (Å²) in [4.78, 5) is 23.7. The summed E-state index contributed by atoms with van der Waals surface area (Å²) < 4.78 is 26.2. The van der Waals surface area contributed by atoms with Gasteiger partial charge in [0.25, 0.3) is 0 Å². The van der Waals surface area contributed by atoms with Gasteiger partial charge in [-0.1, -0.05) is 29.8 Å². The molecule has 4 heteroatoms. The zero-order chi connectivity index (χ0) is 14.7. The Morgan fingerprint density at radius 2 is 1.60 bits per heavy atom. The second-order valence-corrected chi connectivity index (χ2v) is 4.51. The third-order valence-electron chi connectivity index (χ3n) is 2.93. The molecule has 0 N–H and O–H groups in total. The van der Waals surface area contributed by atoms with E-state index in [-0.39, 0.29) is 5.56 Å². The summed E-state index contributed by atoms with van der Waals surface area (Å²) in [5.74, 6) is -2.76. The van der Waals surface area contributed by atoms with Crippen LogP contribution >= 0.6 is 0 Å². The molecule has 0 aromatic heterocycles. The van der Waals surface area contributed by atoms with Crippen molar-refractivity contribution in [3.63, 3.8) is 0 Å². The van der Waals surface area contributed by atoms with Gasteiger partial charge >= 0.3 is 0 Å². The monoisotopic (exact) mass is 274 g/mol. The summed E-state index contributed by atoms with van der Waals surface area (Å²) in [7, 11) is 0. The van der Waals surface area contributed by atoms with Crippen molar-refractivity contribution < 1.29 is 18.4 Å². The topological polar surface area (TPSA) is 34.1 Å². The average molecular weight is 274 g/mol. The number of ketones is 2. The third kappa shape index (κ3) is 3.15. The van der Waals surface area contributed by atoms with Crippen molar-refractivity contribution >= 4 is 11.6 Å². The number of carbonyl (C=O) groups is 2. The highest BCUT2D eigenvalue weighted by molar-refractivity contribution is 6.13. The quantitative estimate of drug-likeness (QED) is 0.629. The van der Waals surface area contributed by atoms with Crippen LogP contribution in [0.15, 0.2) is 42.5 Å². The Hall–Kier alpha value is -2.36. The van der Waals surface area contributed by atoms with Crippen LogP contribution in [-0.2, 0) is 0 Å². The molecule has 20 heavy (non-hydrogen) atoms. The number of rotatable bonds is 4. The zero-order valence-corrected chi connectivity index (χ0v) is 10.8. The molecule has 0 atom stereocenters. The summed E-state index contributed by atoms with van der Waals surface area (Å²) in [6, 6.07) is 9.43. The van der Waals surface area contributed by atoms with E-state index in [1.165, 1.54) is 0 Å². The number of Topliss-reactive ketones (excluding diaryl/α,β-unsaturated/α-hetero) is 2. The Morgan fingerprint density at radius 1 is 0.950 bits per heavy atom. The smallest absolute Gasteiger partial charge is 0.173 e. The van der Waals surface area contributed by atoms with Gasteiger partial charge in [0, 0.05) is 11.6 Å². The van der Waals surface area contributed by atoms with E-state index in [1.807, 2.05) is 6.92 Å². The average Bonchev–Trinajstić information content (AvgIpc) is 2.39. The lowest BCUT2D eigenvalue weighted by molar-refractivity contribution is 0.0892. The fraction of sp³-hybridized carbons (Fsp3) is 0.125. The van der Waals surface area contributed by atoms with E-state index in [0.717, 1.165) is 17.7 Å². The van der Waals surface area contributed by atoms with Gasteiger partial charge in [-0.25, -0.2) is 8.78 Å². The molecule has 0 amide bonds. The van der Waals surface area contributed by atoms with Crippen molar-refractivity contribution in [1.82, 2.24) is 0 Å². The van der Waals surface area contributed by atoms with Crippen LogP contribution in [0.2, 0.25) is 0 Å². The molecule has 0 saturated heterocycles. The predicted octanol–water partition coefficient (Wildman–Crippen LogP) is 3.73. The molecule has 0 spiro atoms. The van der Waals surface area contributed by atoms with Gasteiger partial charge in [-0.05, 0) is 19.1 Å². The maximum atomic E-state index is 13.4. The van der Waals surface area contributed by atoms with Crippen LogP contribution in [-0.4, -0.2) is 11.6 Å². The maximum absolute atomic E-state index is 13.4. The SMILES string of the molecule is Cc1ccc(C(=O)CC(=O)c2ccc(F)cc2F)cc1. The molecule has 2 nitrogen and oxygen atoms in total. The normalized spacial score (nSPS) is 10.3. The lowest BCUT2D eigenvalue weighted by Gasteiger charge is -2.03. The second kappa shape index (κ2) is 5.74. The molecule has 2 rings (SSSR count). The molecule has 0 radical (unpaired) electrons. The highest BCUT2D eigenvalue weighted by atomic mass is 19.1. The van der Waals surface area contributed by atoms with E-state index >= 15 is 0 Å². The largest absolute Gasteiger partial charge is 0.294 e. The Bertz CT molecular complexity index is 661. The first-order valence-corrected chi connectivity index (χ1v) is 6.05. The van der Waals surface area contributed by atoms with E-state index < -0.39 is 29.6 Å². The van der Waals surface area contributed by atoms with Gasteiger partial charge in [0.1, 0.15) is 11.6 Å². The van der Waals surface area contributed by atoms with Gasteiger partial charge < -0.3 is 0 Å². The molecule has 102 valence electrons. The molecule has 0 saturated carbocycles. The molecule has 0 bridgehead atoms. The number of hydrogen-bond donors (Lipinski definition) is 0. The highest BCUT2D eigenvalue weighted by Crippen LogP contribution is 2.14. The number of benzene rings is 2. The van der Waals surface area contributed by atoms with E-state index in [2.05, 4.69) is 0 Å². The summed E-state index contributed by atoms with van der Waals surface area (Å²) in [6.45, 7) is 1.88. The standard InChI is InChI=1S/C16H12F2O2/c1-10-2-4-11(5-3-10)15(19)9-16(20)13-7-6-12(17)8-14(13)18/h2-8H,9H2,1H3. The van der Waals surface area contributed by atoms with Gasteiger partial charge in [0.2, 0.25) is 0 Å². The maximum Gasteiger partial charge on any atom is 0.173 e. The Kier molecular flexibility index (Phi) is 4.03. The number of hydrogen-bond acceptors (Lipinski definition) is 2. The fourth-order valence-corrected chi connectivity index (χ4v) is 1.80. The Labute approximate surface area is 115 Å². The van der Waals surface area contributed by atoms with Crippen molar-refractivity contribution in [2.24, 2.45) is 0 Å². The molecule has 0 heterocycles. The number of aryl methyl sites for hydroxylation is 1. The first-order chi connectivity index (χ1) is 9.47. The Balaban J connectivity index is 2.15. The van der Waals surface area contributed by atoms with Crippen molar-refractivity contribution in [1.29, 1.82) is 0 Å². The minimum Gasteiger partial charge on any atom is -0.294 e. The molecule has 0 aliphatic carbocycles. The molecule has 0 fully saturated rings. The van der Waals surface area contributed by atoms with Crippen molar-refractivity contribution in [3.8, 4) is 0 Å². The van der Waals surface area contributed by atoms with Gasteiger partial charge in [-0.2, -0.15) is 0 Å². The van der Waals surface area contributed by atoms with Gasteiger partial charge in [-0.15, -0.1) is 0 Å². The van der Waals surface area contributed by atoms with Crippen LogP contribution in [0.4, 0.5) is 8.78 Å². The minimum atomic E-state index is -0.952. The zero-order valence-electron chi connectivity index (χ0n) is 10.8. The summed E-state index contributed by atoms with van der Waals surface area (Å²) in [5.41, 5.74) is 1.12. The summed E-state index contributed by atoms with van der Waals surface area (Å²) >= 11 is 0. The van der Waals surface area contributed by atoms with Gasteiger partial charge in [-0.3, -0.25) is 9.59 Å². The van der Waals surface area contributed by atoms with E-state index in [1.54, 1.807) is 24.3 Å². The van der Waals surface area contributed by atoms with E-state index in [0.29, 0.717) is 11.6 Å². The Morgan fingerprint density at radius 3 is 2.20 bits per heavy atom. The fourth-order valence-electron chi connectivity index (χ4n) is 1.80.